The van der Waals surface area contributed by atoms with Crippen LogP contribution in [0.2, 0.25) is 0 Å². The maximum absolute atomic E-state index is 10.5. The van der Waals surface area contributed by atoms with E-state index in [1.807, 2.05) is 60.7 Å². The van der Waals surface area contributed by atoms with Gasteiger partial charge in [0.25, 0.3) is 0 Å². The zero-order valence-corrected chi connectivity index (χ0v) is 26.4. The van der Waals surface area contributed by atoms with E-state index < -0.39 is 28.7 Å². The molecule has 0 saturated carbocycles. The second-order valence-electron chi connectivity index (χ2n) is 12.4. The minimum atomic E-state index is -0.991. The zero-order valence-electron chi connectivity index (χ0n) is 26.4. The zero-order chi connectivity index (χ0) is 34.1. The molecule has 0 aliphatic rings. The van der Waals surface area contributed by atoms with Crippen molar-refractivity contribution in [3.05, 3.63) is 140 Å². The van der Waals surface area contributed by atoms with Gasteiger partial charge in [0.05, 0.1) is 5.56 Å². The molecule has 6 heteroatoms. The molecular formula is C44H28O6. The third kappa shape index (κ3) is 4.36. The van der Waals surface area contributed by atoms with Crippen molar-refractivity contribution >= 4 is 43.5 Å². The van der Waals surface area contributed by atoms with E-state index in [0.29, 0.717) is 5.56 Å². The van der Waals surface area contributed by atoms with Gasteiger partial charge in [0.15, 0.2) is 11.5 Å². The van der Waals surface area contributed by atoms with Crippen LogP contribution in [-0.2, 0) is 0 Å². The Morgan fingerprint density at radius 3 is 1.32 bits per heavy atom. The third-order valence-electron chi connectivity index (χ3n) is 9.63. The Kier molecular flexibility index (Phi) is 6.48. The normalized spacial score (nSPS) is 11.6. The molecule has 9 rings (SSSR count). The first-order chi connectivity index (χ1) is 24.4. The molecule has 9 aromatic rings. The Morgan fingerprint density at radius 2 is 0.740 bits per heavy atom. The van der Waals surface area contributed by atoms with Crippen molar-refractivity contribution in [3.8, 4) is 73.3 Å². The van der Waals surface area contributed by atoms with Crippen molar-refractivity contribution in [2.75, 3.05) is 0 Å². The van der Waals surface area contributed by atoms with Crippen molar-refractivity contribution in [2.45, 2.75) is 0 Å². The standard InChI is InChI=1S/C44H28O6/c45-40-39(41(46)43(48)44(49)42(40)47)26-16-14-25(15-17-26)37-30-10-4-6-12-32(30)38(33-13-7-5-11-31(33)37)28-18-20-29-34-22-27(24-8-2-1-3-9-24)19-21-35(34)50-36(29)23-28/h1-23,45-49H. The predicted molar refractivity (Wildman–Crippen MR) is 199 cm³/mol. The van der Waals surface area contributed by atoms with Crippen LogP contribution in [0.15, 0.2) is 144 Å². The Hall–Kier alpha value is -6.92. The lowest BCUT2D eigenvalue weighted by Crippen LogP contribution is -1.91. The molecule has 0 saturated heterocycles. The number of fused-ring (bicyclic) bond motifs is 5. The van der Waals surface area contributed by atoms with Gasteiger partial charge in [-0.25, -0.2) is 0 Å². The predicted octanol–water partition coefficient (Wildman–Crippen LogP) is 11.1. The van der Waals surface area contributed by atoms with Gasteiger partial charge in [-0.3, -0.25) is 0 Å². The van der Waals surface area contributed by atoms with E-state index in [2.05, 4.69) is 66.7 Å². The molecule has 1 aromatic heterocycles. The number of hydrogen-bond donors (Lipinski definition) is 5. The Labute approximate surface area is 285 Å². The van der Waals surface area contributed by atoms with E-state index in [9.17, 15) is 25.5 Å². The van der Waals surface area contributed by atoms with Crippen molar-refractivity contribution in [3.63, 3.8) is 0 Å². The fraction of sp³-hybridized carbons (Fsp3) is 0. The number of benzene rings is 8. The molecule has 1 heterocycles. The van der Waals surface area contributed by atoms with Crippen molar-refractivity contribution in [1.82, 2.24) is 0 Å². The molecule has 0 bridgehead atoms. The molecule has 8 aromatic carbocycles. The Balaban J connectivity index is 1.21. The smallest absolute Gasteiger partial charge is 0.208 e. The van der Waals surface area contributed by atoms with Crippen LogP contribution in [0.1, 0.15) is 0 Å². The fourth-order valence-corrected chi connectivity index (χ4v) is 7.26. The first-order valence-electron chi connectivity index (χ1n) is 16.1. The van der Waals surface area contributed by atoms with E-state index in [1.165, 1.54) is 0 Å². The SMILES string of the molecule is Oc1c(O)c(O)c(-c2ccc(-c3c4ccccc4c(-c4ccc5c(c4)oc4ccc(-c6ccccc6)cc45)c4ccccc34)cc2)c(O)c1O. The Bertz CT molecular complexity index is 2710. The summed E-state index contributed by atoms with van der Waals surface area (Å²) in [6.45, 7) is 0. The van der Waals surface area contributed by atoms with Crippen LogP contribution in [0, 0.1) is 0 Å². The summed E-state index contributed by atoms with van der Waals surface area (Å²) in [5, 5.41) is 57.5. The highest BCUT2D eigenvalue weighted by Gasteiger charge is 2.25. The lowest BCUT2D eigenvalue weighted by Gasteiger charge is -2.18. The average molecular weight is 653 g/mol. The van der Waals surface area contributed by atoms with Crippen molar-refractivity contribution in [2.24, 2.45) is 0 Å². The molecule has 0 aliphatic heterocycles. The first-order valence-corrected chi connectivity index (χ1v) is 16.1. The van der Waals surface area contributed by atoms with Gasteiger partial charge in [0, 0.05) is 10.8 Å². The summed E-state index contributed by atoms with van der Waals surface area (Å²) < 4.78 is 6.43. The van der Waals surface area contributed by atoms with Crippen LogP contribution in [0.25, 0.3) is 88.0 Å². The molecule has 240 valence electrons. The molecule has 0 unspecified atom stereocenters. The van der Waals surface area contributed by atoms with Crippen LogP contribution < -0.4 is 0 Å². The number of phenols is 5. The van der Waals surface area contributed by atoms with E-state index in [4.69, 9.17) is 4.42 Å². The molecule has 0 radical (unpaired) electrons. The molecule has 5 N–H and O–H groups in total. The summed E-state index contributed by atoms with van der Waals surface area (Å²) in [6, 6.07) is 46.8. The largest absolute Gasteiger partial charge is 0.504 e. The number of hydrogen-bond acceptors (Lipinski definition) is 6. The van der Waals surface area contributed by atoms with Gasteiger partial charge in [-0.15, -0.1) is 0 Å². The summed E-state index contributed by atoms with van der Waals surface area (Å²) in [6.07, 6.45) is 0. The molecule has 0 fully saturated rings. The average Bonchev–Trinajstić information content (AvgIpc) is 3.53. The summed E-state index contributed by atoms with van der Waals surface area (Å²) in [4.78, 5) is 0. The number of rotatable bonds is 4. The lowest BCUT2D eigenvalue weighted by atomic mass is 9.85. The van der Waals surface area contributed by atoms with Crippen LogP contribution in [0.3, 0.4) is 0 Å². The topological polar surface area (TPSA) is 114 Å². The van der Waals surface area contributed by atoms with Gasteiger partial charge in [0.1, 0.15) is 11.2 Å². The summed E-state index contributed by atoms with van der Waals surface area (Å²) >= 11 is 0. The molecular weight excluding hydrogens is 624 g/mol. The molecule has 6 nitrogen and oxygen atoms in total. The second kappa shape index (κ2) is 11.1. The van der Waals surface area contributed by atoms with Crippen LogP contribution in [-0.4, -0.2) is 25.5 Å². The van der Waals surface area contributed by atoms with Gasteiger partial charge < -0.3 is 29.9 Å². The van der Waals surface area contributed by atoms with Gasteiger partial charge in [-0.05, 0) is 84.8 Å². The first kappa shape index (κ1) is 29.2. The quantitative estimate of drug-likeness (QED) is 0.0734. The van der Waals surface area contributed by atoms with E-state index in [0.717, 1.165) is 76.9 Å². The molecule has 0 aliphatic carbocycles. The number of aromatic hydroxyl groups is 5. The molecule has 0 spiro atoms. The van der Waals surface area contributed by atoms with E-state index in [1.54, 1.807) is 12.1 Å². The summed E-state index contributed by atoms with van der Waals surface area (Å²) in [5.41, 5.74) is 8.12. The maximum Gasteiger partial charge on any atom is 0.208 e. The number of phenolic OH excluding ortho intramolecular Hbond substituents is 5. The highest BCUT2D eigenvalue weighted by Crippen LogP contribution is 2.55. The minimum Gasteiger partial charge on any atom is -0.504 e. The van der Waals surface area contributed by atoms with Crippen molar-refractivity contribution in [1.29, 1.82) is 0 Å². The molecule has 50 heavy (non-hydrogen) atoms. The highest BCUT2D eigenvalue weighted by atomic mass is 16.4. The van der Waals surface area contributed by atoms with Crippen LogP contribution in [0.4, 0.5) is 0 Å². The van der Waals surface area contributed by atoms with Gasteiger partial charge in [-0.1, -0.05) is 115 Å². The highest BCUT2D eigenvalue weighted by molar-refractivity contribution is 6.22. The lowest BCUT2D eigenvalue weighted by molar-refractivity contribution is 0.330. The minimum absolute atomic E-state index is 0.188. The van der Waals surface area contributed by atoms with E-state index >= 15 is 0 Å². The monoisotopic (exact) mass is 652 g/mol. The van der Waals surface area contributed by atoms with Crippen molar-refractivity contribution < 1.29 is 29.9 Å². The Morgan fingerprint density at radius 1 is 0.280 bits per heavy atom. The molecule has 0 amide bonds. The third-order valence-corrected chi connectivity index (χ3v) is 9.63. The van der Waals surface area contributed by atoms with Gasteiger partial charge >= 0.3 is 0 Å². The maximum atomic E-state index is 10.5. The van der Waals surface area contributed by atoms with Gasteiger partial charge in [-0.2, -0.15) is 0 Å². The summed E-state index contributed by atoms with van der Waals surface area (Å²) in [5.74, 6) is -4.28. The fourth-order valence-electron chi connectivity index (χ4n) is 7.26. The number of furan rings is 1. The summed E-state index contributed by atoms with van der Waals surface area (Å²) in [7, 11) is 0. The van der Waals surface area contributed by atoms with Gasteiger partial charge in [0.2, 0.25) is 17.2 Å². The van der Waals surface area contributed by atoms with E-state index in [-0.39, 0.29) is 5.56 Å². The van der Waals surface area contributed by atoms with Crippen LogP contribution >= 0.6 is 0 Å². The second-order valence-corrected chi connectivity index (χ2v) is 12.4. The van der Waals surface area contributed by atoms with Crippen LogP contribution in [0.5, 0.6) is 28.7 Å². The molecule has 0 atom stereocenters.